The minimum Gasteiger partial charge on any atom is -0.487 e. The molecule has 126 valence electrons. The zero-order valence-corrected chi connectivity index (χ0v) is 14.4. The van der Waals surface area contributed by atoms with Crippen LogP contribution in [0.15, 0.2) is 27.8 Å². The second-order valence-corrected chi connectivity index (χ2v) is 6.43. The van der Waals surface area contributed by atoms with E-state index in [0.717, 1.165) is 10.1 Å². The SMILES string of the molecule is C[C@@H]1CC(=O)c2c(OCc3cc(=O)n(C)c(=O)n3C)ccc(Cl)c21. The van der Waals surface area contributed by atoms with E-state index in [2.05, 4.69) is 0 Å². The first-order valence-electron chi connectivity index (χ1n) is 7.55. The number of halogens is 1. The van der Waals surface area contributed by atoms with Gasteiger partial charge in [0.1, 0.15) is 12.4 Å². The molecule has 0 radical (unpaired) electrons. The fraction of sp³-hybridized carbons (Fsp3) is 0.353. The van der Waals surface area contributed by atoms with Crippen molar-refractivity contribution in [2.75, 3.05) is 0 Å². The third-order valence-electron chi connectivity index (χ3n) is 4.42. The lowest BCUT2D eigenvalue weighted by Gasteiger charge is -2.14. The molecular formula is C17H17ClN2O4. The second kappa shape index (κ2) is 5.94. The van der Waals surface area contributed by atoms with Gasteiger partial charge in [-0.1, -0.05) is 18.5 Å². The number of aromatic nitrogens is 2. The summed E-state index contributed by atoms with van der Waals surface area (Å²) in [6, 6.07) is 4.70. The smallest absolute Gasteiger partial charge is 0.330 e. The van der Waals surface area contributed by atoms with E-state index in [0.29, 0.717) is 28.5 Å². The summed E-state index contributed by atoms with van der Waals surface area (Å²) in [5.41, 5.74) is 0.918. The number of rotatable bonds is 3. The number of ketones is 1. The van der Waals surface area contributed by atoms with E-state index in [1.807, 2.05) is 6.92 Å². The Morgan fingerprint density at radius 3 is 2.62 bits per heavy atom. The summed E-state index contributed by atoms with van der Waals surface area (Å²) < 4.78 is 8.12. The molecule has 0 aliphatic heterocycles. The van der Waals surface area contributed by atoms with Crippen LogP contribution in [0.2, 0.25) is 5.02 Å². The molecule has 0 saturated heterocycles. The number of nitrogens with zero attached hydrogens (tertiary/aromatic N) is 2. The first-order chi connectivity index (χ1) is 11.3. The summed E-state index contributed by atoms with van der Waals surface area (Å²) in [7, 11) is 2.99. The molecule has 6 nitrogen and oxygen atoms in total. The highest BCUT2D eigenvalue weighted by Crippen LogP contribution is 2.42. The molecule has 7 heteroatoms. The van der Waals surface area contributed by atoms with E-state index in [1.165, 1.54) is 17.7 Å². The number of fused-ring (bicyclic) bond motifs is 1. The van der Waals surface area contributed by atoms with Gasteiger partial charge in [0.05, 0.1) is 11.3 Å². The van der Waals surface area contributed by atoms with Gasteiger partial charge in [-0.2, -0.15) is 0 Å². The maximum atomic E-state index is 12.2. The second-order valence-electron chi connectivity index (χ2n) is 6.03. The minimum atomic E-state index is -0.424. The monoisotopic (exact) mass is 348 g/mol. The maximum absolute atomic E-state index is 12.2. The molecule has 1 aromatic heterocycles. The molecule has 0 N–H and O–H groups in total. The van der Waals surface area contributed by atoms with Crippen molar-refractivity contribution >= 4 is 17.4 Å². The van der Waals surface area contributed by atoms with Crippen molar-refractivity contribution in [2.45, 2.75) is 25.9 Å². The van der Waals surface area contributed by atoms with Crippen molar-refractivity contribution in [2.24, 2.45) is 14.1 Å². The highest BCUT2D eigenvalue weighted by atomic mass is 35.5. The molecule has 2 aromatic rings. The molecule has 0 amide bonds. The predicted octanol–water partition coefficient (Wildman–Crippen LogP) is 2.01. The highest BCUT2D eigenvalue weighted by molar-refractivity contribution is 6.32. The normalized spacial score (nSPS) is 16.3. The maximum Gasteiger partial charge on any atom is 0.330 e. The lowest BCUT2D eigenvalue weighted by atomic mass is 10.0. The lowest BCUT2D eigenvalue weighted by molar-refractivity contribution is 0.0986. The van der Waals surface area contributed by atoms with Crippen molar-refractivity contribution in [3.63, 3.8) is 0 Å². The first kappa shape index (κ1) is 16.5. The fourth-order valence-electron chi connectivity index (χ4n) is 3.01. The number of Topliss-reactive ketones (excluding diaryl/α,β-unsaturated/α-hetero) is 1. The van der Waals surface area contributed by atoms with Crippen LogP contribution in [-0.2, 0) is 20.7 Å². The number of benzene rings is 1. The van der Waals surface area contributed by atoms with Crippen LogP contribution in [0.5, 0.6) is 5.75 Å². The van der Waals surface area contributed by atoms with Gasteiger partial charge in [-0.3, -0.25) is 18.7 Å². The largest absolute Gasteiger partial charge is 0.487 e. The van der Waals surface area contributed by atoms with Crippen molar-refractivity contribution in [3.05, 3.63) is 60.9 Å². The Kier molecular flexibility index (Phi) is 4.09. The van der Waals surface area contributed by atoms with Crippen LogP contribution < -0.4 is 16.0 Å². The van der Waals surface area contributed by atoms with Crippen LogP contribution in [0.4, 0.5) is 0 Å². The molecule has 3 rings (SSSR count). The van der Waals surface area contributed by atoms with Gasteiger partial charge in [-0.05, 0) is 23.6 Å². The Hall–Kier alpha value is -2.34. The van der Waals surface area contributed by atoms with Gasteiger partial charge in [0, 0.05) is 31.6 Å². The molecule has 0 fully saturated rings. The summed E-state index contributed by atoms with van der Waals surface area (Å²) in [6.45, 7) is 1.96. The number of carbonyl (C=O) groups excluding carboxylic acids is 1. The van der Waals surface area contributed by atoms with E-state index >= 15 is 0 Å². The average molecular weight is 349 g/mol. The zero-order chi connectivity index (χ0) is 17.6. The van der Waals surface area contributed by atoms with Crippen molar-refractivity contribution < 1.29 is 9.53 Å². The van der Waals surface area contributed by atoms with Crippen LogP contribution in [0.1, 0.15) is 40.9 Å². The molecule has 1 aromatic carbocycles. The topological polar surface area (TPSA) is 70.3 Å². The van der Waals surface area contributed by atoms with Gasteiger partial charge in [0.25, 0.3) is 5.56 Å². The molecule has 0 unspecified atom stereocenters. The number of carbonyl (C=O) groups is 1. The molecule has 24 heavy (non-hydrogen) atoms. The molecule has 0 bridgehead atoms. The van der Waals surface area contributed by atoms with Crippen LogP contribution >= 0.6 is 11.6 Å². The van der Waals surface area contributed by atoms with Gasteiger partial charge < -0.3 is 4.74 Å². The summed E-state index contributed by atoms with van der Waals surface area (Å²) in [6.07, 6.45) is 0.403. The minimum absolute atomic E-state index is 0.00661. The molecule has 1 aliphatic carbocycles. The Morgan fingerprint density at radius 1 is 1.21 bits per heavy atom. The third kappa shape index (κ3) is 2.57. The van der Waals surface area contributed by atoms with Gasteiger partial charge >= 0.3 is 5.69 Å². The van der Waals surface area contributed by atoms with Crippen molar-refractivity contribution in [3.8, 4) is 5.75 Å². The molecule has 1 atom stereocenters. The molecular weight excluding hydrogens is 332 g/mol. The first-order valence-corrected chi connectivity index (χ1v) is 7.93. The standard InChI is InChI=1S/C17H17ClN2O4/c1-9-6-12(21)16-13(5-4-11(18)15(9)16)24-8-10-7-14(22)20(3)17(23)19(10)2/h4-5,7,9H,6,8H2,1-3H3/t9-/m1/s1. The van der Waals surface area contributed by atoms with E-state index in [-0.39, 0.29) is 18.3 Å². The Balaban J connectivity index is 1.97. The summed E-state index contributed by atoms with van der Waals surface area (Å²) in [5.74, 6) is 0.474. The van der Waals surface area contributed by atoms with Crippen LogP contribution in [0, 0.1) is 0 Å². The van der Waals surface area contributed by atoms with Crippen molar-refractivity contribution in [1.82, 2.24) is 9.13 Å². The molecule has 0 spiro atoms. The molecule has 1 heterocycles. The Bertz CT molecular complexity index is 958. The van der Waals surface area contributed by atoms with E-state index in [4.69, 9.17) is 16.3 Å². The van der Waals surface area contributed by atoms with E-state index < -0.39 is 11.2 Å². The molecule has 1 aliphatic rings. The zero-order valence-electron chi connectivity index (χ0n) is 13.6. The quantitative estimate of drug-likeness (QED) is 0.850. The summed E-state index contributed by atoms with van der Waals surface area (Å²) in [5, 5.41) is 0.552. The summed E-state index contributed by atoms with van der Waals surface area (Å²) in [4.78, 5) is 36.0. The average Bonchev–Trinajstić information content (AvgIpc) is 2.85. The lowest BCUT2D eigenvalue weighted by Crippen LogP contribution is -2.38. The Labute approximate surface area is 143 Å². The predicted molar refractivity (Wildman–Crippen MR) is 90.1 cm³/mol. The summed E-state index contributed by atoms with van der Waals surface area (Å²) >= 11 is 6.21. The van der Waals surface area contributed by atoms with E-state index in [1.54, 1.807) is 19.2 Å². The van der Waals surface area contributed by atoms with E-state index in [9.17, 15) is 14.4 Å². The van der Waals surface area contributed by atoms with Crippen LogP contribution in [-0.4, -0.2) is 14.9 Å². The fourth-order valence-corrected chi connectivity index (χ4v) is 3.36. The van der Waals surface area contributed by atoms with Crippen LogP contribution in [0.3, 0.4) is 0 Å². The van der Waals surface area contributed by atoms with Gasteiger partial charge in [-0.25, -0.2) is 4.79 Å². The van der Waals surface area contributed by atoms with Gasteiger partial charge in [0.2, 0.25) is 0 Å². The molecule has 0 saturated carbocycles. The number of hydrogen-bond acceptors (Lipinski definition) is 4. The van der Waals surface area contributed by atoms with Crippen LogP contribution in [0.25, 0.3) is 0 Å². The van der Waals surface area contributed by atoms with Crippen molar-refractivity contribution in [1.29, 1.82) is 0 Å². The highest BCUT2D eigenvalue weighted by Gasteiger charge is 2.31. The third-order valence-corrected chi connectivity index (χ3v) is 4.75. The van der Waals surface area contributed by atoms with Gasteiger partial charge in [0.15, 0.2) is 5.78 Å². The Morgan fingerprint density at radius 2 is 1.92 bits per heavy atom. The van der Waals surface area contributed by atoms with Gasteiger partial charge in [-0.15, -0.1) is 0 Å². The number of hydrogen-bond donors (Lipinski definition) is 0. The number of ether oxygens (including phenoxy) is 1.